The molecule has 0 saturated carbocycles. The van der Waals surface area contributed by atoms with Crippen LogP contribution in [0, 0.1) is 0 Å². The molecule has 0 spiro atoms. The van der Waals surface area contributed by atoms with E-state index in [1.54, 1.807) is 32.3 Å². The topological polar surface area (TPSA) is 82.1 Å². The lowest BCUT2D eigenvalue weighted by molar-refractivity contribution is -0.145. The summed E-state index contributed by atoms with van der Waals surface area (Å²) in [7, 11) is 1.56. The third kappa shape index (κ3) is 4.95. The van der Waals surface area contributed by atoms with E-state index in [2.05, 4.69) is 6.58 Å². The van der Waals surface area contributed by atoms with E-state index >= 15 is 0 Å². The summed E-state index contributed by atoms with van der Waals surface area (Å²) in [6.07, 6.45) is 3.89. The number of allylic oxidation sites excluding steroid dienone is 1. The molecule has 0 unspecified atom stereocenters. The number of esters is 1. The molecule has 28 heavy (non-hydrogen) atoms. The SMILES string of the molecule is C=CCc1cc(/C=C2/SC(=O)N(CC(=O)OCC)C2=O)cc(OCC)c1OC. The lowest BCUT2D eigenvalue weighted by Gasteiger charge is -2.14. The van der Waals surface area contributed by atoms with E-state index in [4.69, 9.17) is 14.2 Å². The Morgan fingerprint density at radius 1 is 1.25 bits per heavy atom. The lowest BCUT2D eigenvalue weighted by atomic mass is 10.0. The zero-order valence-electron chi connectivity index (χ0n) is 16.1. The Morgan fingerprint density at radius 3 is 2.61 bits per heavy atom. The van der Waals surface area contributed by atoms with Crippen molar-refractivity contribution in [3.8, 4) is 11.5 Å². The molecular formula is C20H23NO6S. The van der Waals surface area contributed by atoms with Crippen molar-refractivity contribution in [2.75, 3.05) is 26.9 Å². The zero-order chi connectivity index (χ0) is 20.7. The van der Waals surface area contributed by atoms with Gasteiger partial charge < -0.3 is 14.2 Å². The number of carbonyl (C=O) groups excluding carboxylic acids is 3. The number of benzene rings is 1. The van der Waals surface area contributed by atoms with Gasteiger partial charge in [0.1, 0.15) is 6.54 Å². The summed E-state index contributed by atoms with van der Waals surface area (Å²) >= 11 is 0.784. The van der Waals surface area contributed by atoms with Gasteiger partial charge in [0.25, 0.3) is 11.1 Å². The van der Waals surface area contributed by atoms with Gasteiger partial charge >= 0.3 is 5.97 Å². The van der Waals surface area contributed by atoms with Crippen LogP contribution in [0.25, 0.3) is 6.08 Å². The number of imide groups is 1. The highest BCUT2D eigenvalue weighted by Crippen LogP contribution is 2.37. The van der Waals surface area contributed by atoms with Crippen molar-refractivity contribution in [1.29, 1.82) is 0 Å². The number of nitrogens with zero attached hydrogens (tertiary/aromatic N) is 1. The summed E-state index contributed by atoms with van der Waals surface area (Å²) in [6.45, 7) is 7.50. The van der Waals surface area contributed by atoms with Crippen molar-refractivity contribution >= 4 is 35.0 Å². The summed E-state index contributed by atoms with van der Waals surface area (Å²) in [4.78, 5) is 37.4. The van der Waals surface area contributed by atoms with Crippen LogP contribution in [0.4, 0.5) is 4.79 Å². The first-order chi connectivity index (χ1) is 13.4. The second-order valence-electron chi connectivity index (χ2n) is 5.71. The molecule has 1 saturated heterocycles. The number of rotatable bonds is 9. The molecule has 0 N–H and O–H groups in total. The summed E-state index contributed by atoms with van der Waals surface area (Å²) in [5, 5.41) is -0.505. The molecule has 2 amide bonds. The second kappa shape index (κ2) is 9.98. The number of methoxy groups -OCH3 is 1. The fourth-order valence-electron chi connectivity index (χ4n) is 2.69. The minimum Gasteiger partial charge on any atom is -0.493 e. The Bertz CT molecular complexity index is 817. The van der Waals surface area contributed by atoms with Gasteiger partial charge in [-0.2, -0.15) is 0 Å². The molecule has 1 fully saturated rings. The van der Waals surface area contributed by atoms with Crippen LogP contribution in [0.15, 0.2) is 29.7 Å². The smallest absolute Gasteiger partial charge is 0.326 e. The normalized spacial score (nSPS) is 15.1. The maximum Gasteiger partial charge on any atom is 0.326 e. The minimum absolute atomic E-state index is 0.184. The predicted octanol–water partition coefficient (Wildman–Crippen LogP) is 3.42. The van der Waals surface area contributed by atoms with Crippen LogP contribution in [-0.2, 0) is 20.7 Å². The number of hydrogen-bond donors (Lipinski definition) is 0. The van der Waals surface area contributed by atoms with Gasteiger partial charge in [-0.05, 0) is 55.8 Å². The van der Waals surface area contributed by atoms with Gasteiger partial charge in [0, 0.05) is 5.56 Å². The summed E-state index contributed by atoms with van der Waals surface area (Å²) < 4.78 is 15.9. The monoisotopic (exact) mass is 405 g/mol. The number of ether oxygens (including phenoxy) is 3. The molecule has 0 aliphatic carbocycles. The molecule has 1 aromatic carbocycles. The van der Waals surface area contributed by atoms with E-state index in [0.717, 1.165) is 22.2 Å². The highest BCUT2D eigenvalue weighted by atomic mass is 32.2. The van der Waals surface area contributed by atoms with Gasteiger partial charge in [-0.1, -0.05) is 6.08 Å². The van der Waals surface area contributed by atoms with E-state index in [-0.39, 0.29) is 11.5 Å². The van der Waals surface area contributed by atoms with Crippen LogP contribution in [0.3, 0.4) is 0 Å². The largest absolute Gasteiger partial charge is 0.493 e. The number of hydrogen-bond acceptors (Lipinski definition) is 7. The molecule has 1 aliphatic rings. The van der Waals surface area contributed by atoms with Crippen LogP contribution in [0.1, 0.15) is 25.0 Å². The Hall–Kier alpha value is -2.74. The first-order valence-corrected chi connectivity index (χ1v) is 9.62. The predicted molar refractivity (Wildman–Crippen MR) is 107 cm³/mol. The Balaban J connectivity index is 2.36. The summed E-state index contributed by atoms with van der Waals surface area (Å²) in [5.41, 5.74) is 1.53. The van der Waals surface area contributed by atoms with Gasteiger partial charge in [0.05, 0.1) is 25.2 Å². The highest BCUT2D eigenvalue weighted by molar-refractivity contribution is 8.18. The molecule has 0 radical (unpaired) electrons. The molecule has 1 heterocycles. The lowest BCUT2D eigenvalue weighted by Crippen LogP contribution is -2.34. The summed E-state index contributed by atoms with van der Waals surface area (Å²) in [5.74, 6) is 0.000156. The zero-order valence-corrected chi connectivity index (χ0v) is 17.0. The van der Waals surface area contributed by atoms with Crippen molar-refractivity contribution in [2.24, 2.45) is 0 Å². The van der Waals surface area contributed by atoms with E-state index in [0.29, 0.717) is 30.1 Å². The van der Waals surface area contributed by atoms with Crippen LogP contribution >= 0.6 is 11.8 Å². The molecule has 0 atom stereocenters. The Kier molecular flexibility index (Phi) is 7.69. The van der Waals surface area contributed by atoms with E-state index in [9.17, 15) is 14.4 Å². The molecule has 1 aromatic rings. The van der Waals surface area contributed by atoms with E-state index in [1.807, 2.05) is 13.0 Å². The first-order valence-electron chi connectivity index (χ1n) is 8.80. The molecule has 8 heteroatoms. The first kappa shape index (κ1) is 21.6. The molecule has 150 valence electrons. The average Bonchev–Trinajstić information content (AvgIpc) is 2.90. The van der Waals surface area contributed by atoms with Crippen molar-refractivity contribution in [2.45, 2.75) is 20.3 Å². The molecular weight excluding hydrogens is 382 g/mol. The van der Waals surface area contributed by atoms with Crippen LogP contribution < -0.4 is 9.47 Å². The summed E-state index contributed by atoms with van der Waals surface area (Å²) in [6, 6.07) is 3.59. The third-order valence-electron chi connectivity index (χ3n) is 3.79. The molecule has 0 aromatic heterocycles. The fraction of sp³-hybridized carbons (Fsp3) is 0.350. The van der Waals surface area contributed by atoms with Gasteiger partial charge in [-0.25, -0.2) is 0 Å². The molecule has 0 bridgehead atoms. The average molecular weight is 405 g/mol. The van der Waals surface area contributed by atoms with Crippen LogP contribution in [0.2, 0.25) is 0 Å². The van der Waals surface area contributed by atoms with Crippen molar-refractivity contribution in [1.82, 2.24) is 4.90 Å². The van der Waals surface area contributed by atoms with Gasteiger partial charge in [0.2, 0.25) is 0 Å². The number of carbonyl (C=O) groups is 3. The Morgan fingerprint density at radius 2 is 2.00 bits per heavy atom. The van der Waals surface area contributed by atoms with Crippen LogP contribution in [0.5, 0.6) is 11.5 Å². The standard InChI is InChI=1S/C20H23NO6S/c1-5-8-14-9-13(10-15(26-6-2)18(14)25-4)11-16-19(23)21(20(24)28-16)12-17(22)27-7-3/h5,9-11H,1,6-8,12H2,2-4H3/b16-11+. The second-order valence-corrected chi connectivity index (χ2v) is 6.70. The number of amides is 2. The van der Waals surface area contributed by atoms with Crippen molar-refractivity contribution < 1.29 is 28.6 Å². The van der Waals surface area contributed by atoms with Crippen molar-refractivity contribution in [3.05, 3.63) is 40.8 Å². The number of thioether (sulfide) groups is 1. The third-order valence-corrected chi connectivity index (χ3v) is 4.69. The maximum atomic E-state index is 12.5. The van der Waals surface area contributed by atoms with E-state index in [1.165, 1.54) is 0 Å². The molecule has 2 rings (SSSR count). The minimum atomic E-state index is -0.623. The quantitative estimate of drug-likeness (QED) is 0.354. The van der Waals surface area contributed by atoms with Gasteiger partial charge in [-0.3, -0.25) is 19.3 Å². The maximum absolute atomic E-state index is 12.5. The van der Waals surface area contributed by atoms with E-state index < -0.39 is 23.7 Å². The van der Waals surface area contributed by atoms with Gasteiger partial charge in [-0.15, -0.1) is 6.58 Å². The van der Waals surface area contributed by atoms with Gasteiger partial charge in [0.15, 0.2) is 11.5 Å². The van der Waals surface area contributed by atoms with Crippen LogP contribution in [-0.4, -0.2) is 48.9 Å². The molecule has 1 aliphatic heterocycles. The highest BCUT2D eigenvalue weighted by Gasteiger charge is 2.36. The van der Waals surface area contributed by atoms with Crippen molar-refractivity contribution in [3.63, 3.8) is 0 Å². The Labute approximate surface area is 168 Å². The fourth-order valence-corrected chi connectivity index (χ4v) is 3.53. The molecule has 7 nitrogen and oxygen atoms in total.